The topological polar surface area (TPSA) is 90.0 Å². The molecule has 2 rings (SSSR count). The number of aromatic nitrogens is 2. The molecule has 0 fully saturated rings. The van der Waals surface area contributed by atoms with Crippen molar-refractivity contribution in [3.05, 3.63) is 35.1 Å². The molecule has 0 aliphatic rings. The van der Waals surface area contributed by atoms with Gasteiger partial charge in [-0.2, -0.15) is 8.42 Å². The van der Waals surface area contributed by atoms with Crippen molar-refractivity contribution in [3.63, 3.8) is 0 Å². The fraction of sp³-hybridized carbons (Fsp3) is 0.100. The number of anilines is 2. The zero-order valence-corrected chi connectivity index (χ0v) is 11.6. The summed E-state index contributed by atoms with van der Waals surface area (Å²) in [6, 6.07) is 1.30. The van der Waals surface area contributed by atoms with Crippen molar-refractivity contribution >= 4 is 33.1 Å². The van der Waals surface area contributed by atoms with E-state index in [0.717, 1.165) is 10.6 Å². The molecule has 3 N–H and O–H groups in total. The molecule has 0 amide bonds. The van der Waals surface area contributed by atoms with Crippen molar-refractivity contribution in [2.24, 2.45) is 7.05 Å². The first kappa shape index (κ1) is 14.5. The Bertz CT molecular complexity index is 733. The lowest BCUT2D eigenvalue weighted by Crippen LogP contribution is -2.18. The van der Waals surface area contributed by atoms with Crippen LogP contribution in [0.25, 0.3) is 0 Å². The van der Waals surface area contributed by atoms with Crippen LogP contribution in [0.15, 0.2) is 23.5 Å². The van der Waals surface area contributed by atoms with E-state index in [-0.39, 0.29) is 10.8 Å². The Morgan fingerprint density at radius 2 is 2.05 bits per heavy atom. The number of aryl methyl sites for hydroxylation is 1. The lowest BCUT2D eigenvalue weighted by Gasteiger charge is -2.11. The highest BCUT2D eigenvalue weighted by Gasteiger charge is 2.25. The number of benzene rings is 1. The number of nitrogen functional groups attached to an aromatic ring is 1. The summed E-state index contributed by atoms with van der Waals surface area (Å²) in [5.74, 6) is -2.31. The van der Waals surface area contributed by atoms with Crippen molar-refractivity contribution in [1.29, 1.82) is 0 Å². The number of nitrogens with two attached hydrogens (primary N) is 1. The van der Waals surface area contributed by atoms with Gasteiger partial charge in [0.25, 0.3) is 10.0 Å². The zero-order valence-electron chi connectivity index (χ0n) is 10.1. The van der Waals surface area contributed by atoms with E-state index in [2.05, 4.69) is 4.98 Å². The predicted octanol–water partition coefficient (Wildman–Crippen LogP) is 1.73. The van der Waals surface area contributed by atoms with Gasteiger partial charge in [0.1, 0.15) is 11.5 Å². The Hall–Kier alpha value is -1.87. The van der Waals surface area contributed by atoms with Gasteiger partial charge in [0.05, 0.1) is 11.3 Å². The van der Waals surface area contributed by atoms with E-state index in [0.29, 0.717) is 6.07 Å². The number of nitrogens with zero attached hydrogens (tertiary/aromatic N) is 2. The van der Waals surface area contributed by atoms with Crippen LogP contribution in [-0.4, -0.2) is 18.0 Å². The second kappa shape index (κ2) is 4.91. The Morgan fingerprint density at radius 3 is 2.55 bits per heavy atom. The standard InChI is InChI=1S/C10H9ClF2N4O2S/c1-17-4-15-9(14)10(17)20(18,19)16-8-6(11)2-5(12)3-7(8)13/h2-4,16H,14H2,1H3. The number of hydrogen-bond donors (Lipinski definition) is 2. The molecule has 0 unspecified atom stereocenters. The Morgan fingerprint density at radius 1 is 1.40 bits per heavy atom. The summed E-state index contributed by atoms with van der Waals surface area (Å²) in [6.07, 6.45) is 1.19. The minimum Gasteiger partial charge on any atom is -0.381 e. The number of sulfonamides is 1. The van der Waals surface area contributed by atoms with Crippen LogP contribution in [-0.2, 0) is 17.1 Å². The molecule has 1 heterocycles. The molecule has 0 saturated heterocycles. The zero-order chi connectivity index (χ0) is 15.1. The molecule has 0 spiro atoms. The minimum atomic E-state index is -4.21. The molecular weight excluding hydrogens is 314 g/mol. The maximum Gasteiger partial charge on any atom is 0.281 e. The molecule has 0 aliphatic carbocycles. The maximum atomic E-state index is 13.6. The van der Waals surface area contributed by atoms with Crippen LogP contribution in [0.4, 0.5) is 20.3 Å². The molecule has 0 aliphatic heterocycles. The third-order valence-electron chi connectivity index (χ3n) is 2.41. The minimum absolute atomic E-state index is 0.251. The summed E-state index contributed by atoms with van der Waals surface area (Å²) in [6.45, 7) is 0. The van der Waals surface area contributed by atoms with Crippen molar-refractivity contribution < 1.29 is 17.2 Å². The van der Waals surface area contributed by atoms with E-state index in [1.165, 1.54) is 13.4 Å². The van der Waals surface area contributed by atoms with E-state index in [1.54, 1.807) is 0 Å². The first-order valence-electron chi connectivity index (χ1n) is 5.16. The summed E-state index contributed by atoms with van der Waals surface area (Å²) in [5.41, 5.74) is 4.88. The quantitative estimate of drug-likeness (QED) is 0.900. The first-order valence-corrected chi connectivity index (χ1v) is 7.02. The van der Waals surface area contributed by atoms with Gasteiger partial charge < -0.3 is 10.3 Å². The molecule has 6 nitrogen and oxygen atoms in total. The monoisotopic (exact) mass is 322 g/mol. The van der Waals surface area contributed by atoms with Crippen LogP contribution < -0.4 is 10.5 Å². The van der Waals surface area contributed by atoms with Crippen molar-refractivity contribution in [1.82, 2.24) is 9.55 Å². The van der Waals surface area contributed by atoms with Gasteiger partial charge in [-0.25, -0.2) is 13.8 Å². The maximum absolute atomic E-state index is 13.6. The van der Waals surface area contributed by atoms with Crippen LogP contribution in [0.1, 0.15) is 0 Å². The van der Waals surface area contributed by atoms with Gasteiger partial charge in [-0.05, 0) is 6.07 Å². The van der Waals surface area contributed by atoms with Gasteiger partial charge in [-0.1, -0.05) is 11.6 Å². The molecule has 0 atom stereocenters. The van der Waals surface area contributed by atoms with Crippen LogP contribution in [0.2, 0.25) is 5.02 Å². The van der Waals surface area contributed by atoms with E-state index < -0.39 is 32.4 Å². The number of rotatable bonds is 3. The van der Waals surface area contributed by atoms with Crippen LogP contribution in [0, 0.1) is 11.6 Å². The van der Waals surface area contributed by atoms with E-state index in [4.69, 9.17) is 17.3 Å². The van der Waals surface area contributed by atoms with Gasteiger partial charge in [0.15, 0.2) is 16.7 Å². The van der Waals surface area contributed by atoms with Crippen molar-refractivity contribution in [2.75, 3.05) is 10.5 Å². The number of imidazole rings is 1. The Kier molecular flexibility index (Phi) is 3.57. The molecule has 10 heteroatoms. The fourth-order valence-electron chi connectivity index (χ4n) is 1.59. The lowest BCUT2D eigenvalue weighted by atomic mass is 10.3. The highest BCUT2D eigenvalue weighted by Crippen LogP contribution is 2.29. The number of hydrogen-bond acceptors (Lipinski definition) is 4. The molecule has 20 heavy (non-hydrogen) atoms. The van der Waals surface area contributed by atoms with E-state index >= 15 is 0 Å². The van der Waals surface area contributed by atoms with Gasteiger partial charge >= 0.3 is 0 Å². The summed E-state index contributed by atoms with van der Waals surface area (Å²) < 4.78 is 53.8. The predicted molar refractivity (Wildman–Crippen MR) is 69.8 cm³/mol. The first-order chi connectivity index (χ1) is 9.22. The second-order valence-corrected chi connectivity index (χ2v) is 5.90. The Balaban J connectivity index is 2.50. The van der Waals surface area contributed by atoms with Crippen molar-refractivity contribution in [2.45, 2.75) is 5.03 Å². The van der Waals surface area contributed by atoms with Crippen LogP contribution in [0.5, 0.6) is 0 Å². The number of nitrogens with one attached hydrogen (secondary N) is 1. The average Bonchev–Trinajstić information content (AvgIpc) is 2.64. The molecule has 108 valence electrons. The van der Waals surface area contributed by atoms with Crippen LogP contribution in [0.3, 0.4) is 0 Å². The van der Waals surface area contributed by atoms with Gasteiger partial charge in [0, 0.05) is 13.1 Å². The highest BCUT2D eigenvalue weighted by atomic mass is 35.5. The molecule has 0 bridgehead atoms. The summed E-state index contributed by atoms with van der Waals surface area (Å²) in [7, 11) is -2.81. The number of halogens is 3. The molecule has 0 saturated carbocycles. The van der Waals surface area contributed by atoms with Gasteiger partial charge in [-0.15, -0.1) is 0 Å². The molecule has 2 aromatic rings. The van der Waals surface area contributed by atoms with E-state index in [9.17, 15) is 17.2 Å². The summed E-state index contributed by atoms with van der Waals surface area (Å²) in [5, 5.41) is -0.760. The molecule has 1 aromatic heterocycles. The SMILES string of the molecule is Cn1cnc(N)c1S(=O)(=O)Nc1c(F)cc(F)cc1Cl. The third-order valence-corrected chi connectivity index (χ3v) is 4.18. The summed E-state index contributed by atoms with van der Waals surface area (Å²) in [4.78, 5) is 3.62. The Labute approximate surface area is 118 Å². The highest BCUT2D eigenvalue weighted by molar-refractivity contribution is 7.92. The smallest absolute Gasteiger partial charge is 0.281 e. The van der Waals surface area contributed by atoms with Crippen LogP contribution >= 0.6 is 11.6 Å². The normalized spacial score (nSPS) is 11.6. The lowest BCUT2D eigenvalue weighted by molar-refractivity contribution is 0.580. The average molecular weight is 323 g/mol. The largest absolute Gasteiger partial charge is 0.381 e. The van der Waals surface area contributed by atoms with Gasteiger partial charge in [0.2, 0.25) is 0 Å². The van der Waals surface area contributed by atoms with Crippen molar-refractivity contribution in [3.8, 4) is 0 Å². The molecular formula is C10H9ClF2N4O2S. The second-order valence-electron chi connectivity index (χ2n) is 3.90. The van der Waals surface area contributed by atoms with Gasteiger partial charge in [-0.3, -0.25) is 4.72 Å². The third kappa shape index (κ3) is 2.54. The molecule has 0 radical (unpaired) electrons. The molecule has 1 aromatic carbocycles. The summed E-state index contributed by atoms with van der Waals surface area (Å²) >= 11 is 5.62. The van der Waals surface area contributed by atoms with E-state index in [1.807, 2.05) is 4.72 Å². The fourth-order valence-corrected chi connectivity index (χ4v) is 3.21.